The molecule has 9 heteroatoms. The molecule has 2 aliphatic carbocycles. The zero-order valence-corrected chi connectivity index (χ0v) is 29.8. The summed E-state index contributed by atoms with van der Waals surface area (Å²) < 4.78 is 5.96. The maximum Gasteiger partial charge on any atom is 0.338 e. The van der Waals surface area contributed by atoms with Gasteiger partial charge in [0.1, 0.15) is 5.75 Å². The Bertz CT molecular complexity index is 1330. The predicted molar refractivity (Wildman–Crippen MR) is 195 cm³/mol. The number of carbonyl (C=O) groups excluding carboxylic acids is 1. The molecule has 3 aliphatic rings. The van der Waals surface area contributed by atoms with Crippen LogP contribution in [-0.2, 0) is 9.53 Å². The van der Waals surface area contributed by atoms with Crippen molar-refractivity contribution in [3.63, 3.8) is 0 Å². The lowest BCUT2D eigenvalue weighted by molar-refractivity contribution is -0.186. The fourth-order valence-corrected chi connectivity index (χ4v) is 8.81. The first kappa shape index (κ1) is 37.8. The van der Waals surface area contributed by atoms with E-state index in [0.29, 0.717) is 35.5 Å². The molecular formula is C40H63N3O6. The highest BCUT2D eigenvalue weighted by Crippen LogP contribution is 2.44. The number of piperidine rings is 1. The van der Waals surface area contributed by atoms with Gasteiger partial charge in [0.2, 0.25) is 5.56 Å². The summed E-state index contributed by atoms with van der Waals surface area (Å²) in [5.74, 6) is 0.221. The number of esters is 1. The van der Waals surface area contributed by atoms with Gasteiger partial charge >= 0.3 is 5.97 Å². The minimum atomic E-state index is -1.28. The molecule has 5 N–H and O–H groups in total. The Morgan fingerprint density at radius 3 is 2.12 bits per heavy atom. The SMILES string of the molecule is O=C(OCC1CCN(CCCCCCCCCNC[C@H](O)c2ccc(O)c3[nH]c(=O)ccc23)CC1)C(O)(C1CCCCC1)C1CCCCC1. The second kappa shape index (κ2) is 19.2. The number of benzene rings is 1. The first-order chi connectivity index (χ1) is 23.9. The average molecular weight is 682 g/mol. The number of rotatable bonds is 18. The molecule has 1 aliphatic heterocycles. The standard InChI is InChI=1S/C40H63N3O6/c44-35-20-18-33(34-19-21-37(46)42-38(34)35)36(45)28-41-24-12-4-2-1-3-5-13-25-43-26-22-30(23-27-43)29-49-39(47)40(48,31-14-8-6-9-15-31)32-16-10-7-11-17-32/h18-21,30-32,36,41,44-45,48H,1-17,22-29H2,(H,42,46)/t36-/m0/s1. The van der Waals surface area contributed by atoms with Crippen LogP contribution in [0.25, 0.3) is 10.9 Å². The summed E-state index contributed by atoms with van der Waals surface area (Å²) in [7, 11) is 0. The number of phenolic OH excluding ortho intramolecular Hbond substituents is 1. The van der Waals surface area contributed by atoms with Gasteiger partial charge in [0, 0.05) is 18.0 Å². The van der Waals surface area contributed by atoms with E-state index in [1.807, 2.05) is 0 Å². The number of fused-ring (bicyclic) bond motifs is 1. The number of aromatic nitrogens is 1. The maximum absolute atomic E-state index is 13.5. The number of likely N-dealkylation sites (tertiary alicyclic amines) is 1. The van der Waals surface area contributed by atoms with E-state index in [2.05, 4.69) is 15.2 Å². The summed E-state index contributed by atoms with van der Waals surface area (Å²) in [6, 6.07) is 6.28. The average Bonchev–Trinajstić information content (AvgIpc) is 3.14. The van der Waals surface area contributed by atoms with Gasteiger partial charge in [-0.25, -0.2) is 4.79 Å². The fraction of sp³-hybridized carbons (Fsp3) is 0.750. The van der Waals surface area contributed by atoms with Crippen molar-refractivity contribution in [3.05, 3.63) is 40.2 Å². The molecule has 5 rings (SSSR count). The Morgan fingerprint density at radius 1 is 0.857 bits per heavy atom. The third-order valence-corrected chi connectivity index (χ3v) is 11.9. The molecule has 0 unspecified atom stereocenters. The molecular weight excluding hydrogens is 618 g/mol. The monoisotopic (exact) mass is 681 g/mol. The lowest BCUT2D eigenvalue weighted by Gasteiger charge is -2.43. The molecule has 1 saturated heterocycles. The number of aliphatic hydroxyl groups is 2. The summed E-state index contributed by atoms with van der Waals surface area (Å²) in [6.45, 7) is 5.02. The molecule has 0 bridgehead atoms. The lowest BCUT2D eigenvalue weighted by atomic mass is 9.66. The first-order valence-corrected chi connectivity index (χ1v) is 19.7. The van der Waals surface area contributed by atoms with Crippen LogP contribution >= 0.6 is 0 Å². The zero-order chi connectivity index (χ0) is 34.5. The Balaban J connectivity index is 0.880. The molecule has 1 aromatic heterocycles. The second-order valence-electron chi connectivity index (χ2n) is 15.4. The van der Waals surface area contributed by atoms with Crippen molar-refractivity contribution < 1.29 is 24.9 Å². The van der Waals surface area contributed by atoms with Gasteiger partial charge in [-0.15, -0.1) is 0 Å². The van der Waals surface area contributed by atoms with Gasteiger partial charge in [-0.1, -0.05) is 76.7 Å². The number of aromatic hydroxyl groups is 1. The molecule has 2 aromatic rings. The van der Waals surface area contributed by atoms with Crippen molar-refractivity contribution in [2.45, 2.75) is 134 Å². The highest BCUT2D eigenvalue weighted by molar-refractivity contribution is 5.87. The third kappa shape index (κ3) is 10.5. The Hall–Kier alpha value is -2.46. The van der Waals surface area contributed by atoms with Crippen molar-refractivity contribution in [1.29, 1.82) is 0 Å². The van der Waals surface area contributed by atoms with Gasteiger partial charge in [-0.2, -0.15) is 0 Å². The lowest BCUT2D eigenvalue weighted by Crippen LogP contribution is -2.54. The van der Waals surface area contributed by atoms with Crippen LogP contribution in [0.2, 0.25) is 0 Å². The van der Waals surface area contributed by atoms with E-state index in [1.165, 1.54) is 63.5 Å². The topological polar surface area (TPSA) is 135 Å². The number of hydrogen-bond acceptors (Lipinski definition) is 8. The summed E-state index contributed by atoms with van der Waals surface area (Å²) in [5.41, 5.74) is -0.514. The number of unbranched alkanes of at least 4 members (excludes halogenated alkanes) is 6. The Labute approximate surface area is 293 Å². The largest absolute Gasteiger partial charge is 0.506 e. The van der Waals surface area contributed by atoms with E-state index in [4.69, 9.17) is 4.74 Å². The highest BCUT2D eigenvalue weighted by atomic mass is 16.5. The molecule has 3 fully saturated rings. The number of phenols is 1. The molecule has 2 heterocycles. The Kier molecular flexibility index (Phi) is 14.8. The minimum absolute atomic E-state index is 0.00169. The molecule has 0 amide bonds. The quantitative estimate of drug-likeness (QED) is 0.0864. The number of carbonyl (C=O) groups is 1. The van der Waals surface area contributed by atoms with Gasteiger partial charge in [-0.3, -0.25) is 4.79 Å². The predicted octanol–water partition coefficient (Wildman–Crippen LogP) is 6.73. The molecule has 0 spiro atoms. The molecule has 1 atom stereocenters. The summed E-state index contributed by atoms with van der Waals surface area (Å²) in [4.78, 5) is 30.3. The third-order valence-electron chi connectivity index (χ3n) is 11.9. The minimum Gasteiger partial charge on any atom is -0.506 e. The number of aliphatic hydroxyl groups excluding tert-OH is 1. The molecule has 2 saturated carbocycles. The van der Waals surface area contributed by atoms with Crippen molar-refractivity contribution in [1.82, 2.24) is 15.2 Å². The van der Waals surface area contributed by atoms with E-state index in [9.17, 15) is 24.9 Å². The molecule has 1 aromatic carbocycles. The normalized spacial score (nSPS) is 19.7. The number of pyridine rings is 1. The number of H-pyrrole nitrogens is 1. The molecule has 9 nitrogen and oxygen atoms in total. The van der Waals surface area contributed by atoms with E-state index in [1.54, 1.807) is 12.1 Å². The van der Waals surface area contributed by atoms with Crippen LogP contribution in [0, 0.1) is 17.8 Å². The van der Waals surface area contributed by atoms with Gasteiger partial charge in [0.05, 0.1) is 18.2 Å². The van der Waals surface area contributed by atoms with Crippen LogP contribution in [0.1, 0.15) is 134 Å². The van der Waals surface area contributed by atoms with E-state index < -0.39 is 11.7 Å². The number of nitrogens with zero attached hydrogens (tertiary/aromatic N) is 1. The van der Waals surface area contributed by atoms with Gasteiger partial charge in [0.15, 0.2) is 5.60 Å². The van der Waals surface area contributed by atoms with Crippen LogP contribution in [0.3, 0.4) is 0 Å². The second-order valence-corrected chi connectivity index (χ2v) is 15.4. The molecule has 49 heavy (non-hydrogen) atoms. The fourth-order valence-electron chi connectivity index (χ4n) is 8.81. The van der Waals surface area contributed by atoms with Gasteiger partial charge < -0.3 is 35.3 Å². The van der Waals surface area contributed by atoms with Gasteiger partial charge in [-0.05, 0) is 113 Å². The van der Waals surface area contributed by atoms with Crippen LogP contribution in [0.4, 0.5) is 0 Å². The van der Waals surface area contributed by atoms with Crippen LogP contribution < -0.4 is 10.9 Å². The number of aromatic amines is 1. The summed E-state index contributed by atoms with van der Waals surface area (Å²) in [6.07, 6.45) is 20.6. The van der Waals surface area contributed by atoms with Crippen molar-refractivity contribution in [2.24, 2.45) is 17.8 Å². The van der Waals surface area contributed by atoms with Crippen molar-refractivity contribution in [2.75, 3.05) is 39.3 Å². The van der Waals surface area contributed by atoms with E-state index in [-0.39, 0.29) is 29.1 Å². The Morgan fingerprint density at radius 2 is 1.47 bits per heavy atom. The number of hydrogen-bond donors (Lipinski definition) is 5. The highest BCUT2D eigenvalue weighted by Gasteiger charge is 2.51. The van der Waals surface area contributed by atoms with Gasteiger partial charge in [0.25, 0.3) is 0 Å². The van der Waals surface area contributed by atoms with Crippen molar-refractivity contribution >= 4 is 16.9 Å². The van der Waals surface area contributed by atoms with Crippen LogP contribution in [0.5, 0.6) is 5.75 Å². The molecule has 0 radical (unpaired) electrons. The van der Waals surface area contributed by atoms with E-state index >= 15 is 0 Å². The number of nitrogens with one attached hydrogen (secondary N) is 2. The number of ether oxygens (including phenoxy) is 1. The summed E-state index contributed by atoms with van der Waals surface area (Å²) >= 11 is 0. The molecule has 274 valence electrons. The maximum atomic E-state index is 13.5. The van der Waals surface area contributed by atoms with Crippen LogP contribution in [-0.4, -0.2) is 76.1 Å². The van der Waals surface area contributed by atoms with E-state index in [0.717, 1.165) is 96.8 Å². The van der Waals surface area contributed by atoms with Crippen molar-refractivity contribution in [3.8, 4) is 5.75 Å². The smallest absolute Gasteiger partial charge is 0.338 e. The zero-order valence-electron chi connectivity index (χ0n) is 29.8. The van der Waals surface area contributed by atoms with Crippen LogP contribution in [0.15, 0.2) is 29.1 Å². The summed E-state index contributed by atoms with van der Waals surface area (Å²) in [5, 5.41) is 36.7. The first-order valence-electron chi connectivity index (χ1n) is 19.7.